The summed E-state index contributed by atoms with van der Waals surface area (Å²) in [7, 11) is 0. The van der Waals surface area contributed by atoms with E-state index in [0.717, 1.165) is 18.6 Å². The summed E-state index contributed by atoms with van der Waals surface area (Å²) in [6.07, 6.45) is 1.63. The van der Waals surface area contributed by atoms with E-state index in [1.165, 1.54) is 25.1 Å². The van der Waals surface area contributed by atoms with Crippen LogP contribution in [0.4, 0.5) is 4.39 Å². The normalized spacial score (nSPS) is 10.3. The topological polar surface area (TPSA) is 35.5 Å². The standard InChI is InChI=1S/C18H19FO3/c1-14(20)17-13-15(19)9-10-18(17)22-12-6-5-11-21-16-7-3-2-4-8-16/h2-4,7-10,13H,5-6,11-12H2,1H3. The van der Waals surface area contributed by atoms with Gasteiger partial charge in [0.25, 0.3) is 0 Å². The van der Waals surface area contributed by atoms with Crippen molar-refractivity contribution in [1.29, 1.82) is 0 Å². The Labute approximate surface area is 129 Å². The van der Waals surface area contributed by atoms with Crippen molar-refractivity contribution in [1.82, 2.24) is 0 Å². The van der Waals surface area contributed by atoms with Crippen molar-refractivity contribution in [3.05, 3.63) is 59.9 Å². The minimum absolute atomic E-state index is 0.207. The van der Waals surface area contributed by atoms with Gasteiger partial charge in [-0.1, -0.05) is 18.2 Å². The molecule has 22 heavy (non-hydrogen) atoms. The lowest BCUT2D eigenvalue weighted by Gasteiger charge is -2.10. The maximum atomic E-state index is 13.1. The van der Waals surface area contributed by atoms with Gasteiger partial charge in [0, 0.05) is 0 Å². The zero-order chi connectivity index (χ0) is 15.8. The Bertz CT molecular complexity index is 611. The fourth-order valence-electron chi connectivity index (χ4n) is 2.00. The van der Waals surface area contributed by atoms with Crippen LogP contribution in [0.5, 0.6) is 11.5 Å². The SMILES string of the molecule is CC(=O)c1cc(F)ccc1OCCCCOc1ccccc1. The summed E-state index contributed by atoms with van der Waals surface area (Å²) in [6, 6.07) is 13.6. The second-order valence-electron chi connectivity index (χ2n) is 4.91. The first-order valence-corrected chi connectivity index (χ1v) is 7.28. The van der Waals surface area contributed by atoms with Crippen LogP contribution in [0, 0.1) is 5.82 Å². The predicted molar refractivity (Wildman–Crippen MR) is 83.1 cm³/mol. The Morgan fingerprint density at radius 1 is 1.00 bits per heavy atom. The maximum Gasteiger partial charge on any atom is 0.163 e. The number of carbonyl (C=O) groups excluding carboxylic acids is 1. The number of ether oxygens (including phenoxy) is 2. The number of benzene rings is 2. The smallest absolute Gasteiger partial charge is 0.163 e. The lowest BCUT2D eigenvalue weighted by molar-refractivity contribution is 0.101. The molecule has 3 nitrogen and oxygen atoms in total. The second-order valence-corrected chi connectivity index (χ2v) is 4.91. The first-order chi connectivity index (χ1) is 10.7. The van der Waals surface area contributed by atoms with Crippen molar-refractivity contribution in [2.75, 3.05) is 13.2 Å². The molecule has 2 aromatic rings. The molecule has 0 aliphatic carbocycles. The van der Waals surface area contributed by atoms with Crippen LogP contribution < -0.4 is 9.47 Å². The van der Waals surface area contributed by atoms with Crippen molar-refractivity contribution in [3.63, 3.8) is 0 Å². The van der Waals surface area contributed by atoms with Gasteiger partial charge in [0.05, 0.1) is 18.8 Å². The van der Waals surface area contributed by atoms with Gasteiger partial charge in [-0.05, 0) is 50.1 Å². The van der Waals surface area contributed by atoms with Gasteiger partial charge < -0.3 is 9.47 Å². The summed E-state index contributed by atoms with van der Waals surface area (Å²) in [5.41, 5.74) is 0.278. The second kappa shape index (κ2) is 8.17. The molecular weight excluding hydrogens is 283 g/mol. The lowest BCUT2D eigenvalue weighted by atomic mass is 10.1. The van der Waals surface area contributed by atoms with Gasteiger partial charge in [0.1, 0.15) is 17.3 Å². The number of Topliss-reactive ketones (excluding diaryl/α,β-unsaturated/α-hetero) is 1. The Morgan fingerprint density at radius 3 is 2.36 bits per heavy atom. The van der Waals surface area contributed by atoms with Crippen molar-refractivity contribution in [2.24, 2.45) is 0 Å². The molecule has 0 saturated heterocycles. The predicted octanol–water partition coefficient (Wildman–Crippen LogP) is 4.27. The number of hydrogen-bond acceptors (Lipinski definition) is 3. The number of carbonyl (C=O) groups is 1. The molecule has 116 valence electrons. The lowest BCUT2D eigenvalue weighted by Crippen LogP contribution is -2.05. The van der Waals surface area contributed by atoms with E-state index in [-0.39, 0.29) is 11.3 Å². The third-order valence-corrected chi connectivity index (χ3v) is 3.13. The summed E-state index contributed by atoms with van der Waals surface area (Å²) in [5, 5.41) is 0. The minimum atomic E-state index is -0.436. The van der Waals surface area contributed by atoms with Gasteiger partial charge in [-0.15, -0.1) is 0 Å². The molecule has 4 heteroatoms. The number of ketones is 1. The summed E-state index contributed by atoms with van der Waals surface area (Å²) < 4.78 is 24.3. The van der Waals surface area contributed by atoms with Gasteiger partial charge in [-0.2, -0.15) is 0 Å². The summed E-state index contributed by atoms with van der Waals surface area (Å²) in [6.45, 7) is 2.47. The Hall–Kier alpha value is -2.36. The van der Waals surface area contributed by atoms with E-state index in [2.05, 4.69) is 0 Å². The molecule has 0 N–H and O–H groups in total. The Balaban J connectivity index is 1.72. The third kappa shape index (κ3) is 4.88. The molecule has 0 unspecified atom stereocenters. The summed E-state index contributed by atoms with van der Waals surface area (Å²) in [4.78, 5) is 11.4. The number of halogens is 1. The molecule has 0 radical (unpaired) electrons. The van der Waals surface area contributed by atoms with Gasteiger partial charge in [-0.25, -0.2) is 4.39 Å². The molecule has 2 rings (SSSR count). The average Bonchev–Trinajstić information content (AvgIpc) is 2.52. The number of rotatable bonds is 8. The highest BCUT2D eigenvalue weighted by atomic mass is 19.1. The highest BCUT2D eigenvalue weighted by molar-refractivity contribution is 5.96. The van der Waals surface area contributed by atoms with E-state index in [4.69, 9.17) is 9.47 Å². The quantitative estimate of drug-likeness (QED) is 0.540. The molecule has 0 fully saturated rings. The highest BCUT2D eigenvalue weighted by Crippen LogP contribution is 2.20. The van der Waals surface area contributed by atoms with E-state index < -0.39 is 5.82 Å². The number of unbranched alkanes of at least 4 members (excludes halogenated alkanes) is 1. The summed E-state index contributed by atoms with van der Waals surface area (Å²) in [5.74, 6) is 0.634. The molecule has 0 aliphatic rings. The highest BCUT2D eigenvalue weighted by Gasteiger charge is 2.09. The average molecular weight is 302 g/mol. The maximum absolute atomic E-state index is 13.1. The first-order valence-electron chi connectivity index (χ1n) is 7.28. The number of para-hydroxylation sites is 1. The molecule has 0 aromatic heterocycles. The Kier molecular flexibility index (Phi) is 5.95. The molecule has 0 saturated carbocycles. The molecule has 2 aromatic carbocycles. The molecular formula is C18H19FO3. The molecule has 0 aliphatic heterocycles. The van der Waals surface area contributed by atoms with Crippen LogP contribution in [0.2, 0.25) is 0 Å². The van der Waals surface area contributed by atoms with Crippen molar-refractivity contribution in [2.45, 2.75) is 19.8 Å². The fourth-order valence-corrected chi connectivity index (χ4v) is 2.00. The van der Waals surface area contributed by atoms with Crippen LogP contribution in [-0.2, 0) is 0 Å². The first kappa shape index (κ1) is 16.0. The monoisotopic (exact) mass is 302 g/mol. The molecule has 0 bridgehead atoms. The van der Waals surface area contributed by atoms with Crippen molar-refractivity contribution < 1.29 is 18.7 Å². The molecule has 0 spiro atoms. The molecule has 0 heterocycles. The van der Waals surface area contributed by atoms with Crippen LogP contribution in [0.1, 0.15) is 30.1 Å². The van der Waals surface area contributed by atoms with E-state index in [1.807, 2.05) is 30.3 Å². The zero-order valence-corrected chi connectivity index (χ0v) is 12.5. The Morgan fingerprint density at radius 2 is 1.68 bits per heavy atom. The van der Waals surface area contributed by atoms with Crippen LogP contribution in [-0.4, -0.2) is 19.0 Å². The zero-order valence-electron chi connectivity index (χ0n) is 12.5. The van der Waals surface area contributed by atoms with Crippen LogP contribution in [0.15, 0.2) is 48.5 Å². The van der Waals surface area contributed by atoms with Gasteiger partial charge >= 0.3 is 0 Å². The van der Waals surface area contributed by atoms with E-state index >= 15 is 0 Å². The molecule has 0 atom stereocenters. The fraction of sp³-hybridized carbons (Fsp3) is 0.278. The van der Waals surface area contributed by atoms with Crippen LogP contribution in [0.3, 0.4) is 0 Å². The largest absolute Gasteiger partial charge is 0.494 e. The van der Waals surface area contributed by atoms with Gasteiger partial charge in [0.15, 0.2) is 5.78 Å². The third-order valence-electron chi connectivity index (χ3n) is 3.13. The van der Waals surface area contributed by atoms with E-state index in [1.54, 1.807) is 0 Å². The summed E-state index contributed by atoms with van der Waals surface area (Å²) >= 11 is 0. The van der Waals surface area contributed by atoms with Crippen LogP contribution >= 0.6 is 0 Å². The van der Waals surface area contributed by atoms with E-state index in [0.29, 0.717) is 19.0 Å². The minimum Gasteiger partial charge on any atom is -0.494 e. The van der Waals surface area contributed by atoms with Gasteiger partial charge in [-0.3, -0.25) is 4.79 Å². The number of hydrogen-bond donors (Lipinski definition) is 0. The van der Waals surface area contributed by atoms with Crippen LogP contribution in [0.25, 0.3) is 0 Å². The van der Waals surface area contributed by atoms with Crippen molar-refractivity contribution in [3.8, 4) is 11.5 Å². The molecule has 0 amide bonds. The van der Waals surface area contributed by atoms with Crippen molar-refractivity contribution >= 4 is 5.78 Å². The van der Waals surface area contributed by atoms with E-state index in [9.17, 15) is 9.18 Å². The van der Waals surface area contributed by atoms with Gasteiger partial charge in [0.2, 0.25) is 0 Å².